The zero-order valence-electron chi connectivity index (χ0n) is 7.31. The number of hydrogen-bond acceptors (Lipinski definition) is 4. The van der Waals surface area contributed by atoms with Crippen LogP contribution in [0.4, 0.5) is 0 Å². The van der Waals surface area contributed by atoms with E-state index in [0.717, 1.165) is 12.8 Å². The third-order valence-electron chi connectivity index (χ3n) is 2.14. The molecule has 1 fully saturated rings. The van der Waals surface area contributed by atoms with Crippen molar-refractivity contribution in [3.63, 3.8) is 0 Å². The Morgan fingerprint density at radius 2 is 2.15 bits per heavy atom. The fourth-order valence-electron chi connectivity index (χ4n) is 1.21. The summed E-state index contributed by atoms with van der Waals surface area (Å²) >= 11 is 0. The molecule has 5 nitrogen and oxygen atoms in total. The van der Waals surface area contributed by atoms with Gasteiger partial charge in [0.25, 0.3) is 0 Å². The molecule has 2 atom stereocenters. The molecule has 13 heavy (non-hydrogen) atoms. The van der Waals surface area contributed by atoms with Crippen molar-refractivity contribution in [2.75, 3.05) is 13.2 Å². The van der Waals surface area contributed by atoms with Crippen LogP contribution < -0.4 is 5.32 Å². The molecular weight excluding hydrogens is 174 g/mol. The van der Waals surface area contributed by atoms with E-state index in [1.165, 1.54) is 0 Å². The lowest BCUT2D eigenvalue weighted by Crippen LogP contribution is -2.43. The summed E-state index contributed by atoms with van der Waals surface area (Å²) in [5.74, 6) is -0.684. The van der Waals surface area contributed by atoms with Gasteiger partial charge in [-0.3, -0.25) is 4.79 Å². The van der Waals surface area contributed by atoms with E-state index >= 15 is 0 Å². The molecular formula is C8H15NO4. The van der Waals surface area contributed by atoms with Crippen molar-refractivity contribution in [2.24, 2.45) is 5.92 Å². The smallest absolute Gasteiger partial charge is 0.320 e. The molecule has 0 bridgehead atoms. The van der Waals surface area contributed by atoms with Crippen LogP contribution in [0.15, 0.2) is 0 Å². The quantitative estimate of drug-likeness (QED) is 0.421. The van der Waals surface area contributed by atoms with Crippen LogP contribution >= 0.6 is 0 Å². The lowest BCUT2D eigenvalue weighted by molar-refractivity contribution is -0.140. The fourth-order valence-corrected chi connectivity index (χ4v) is 1.21. The standard InChI is InChI=1S/C8H15NO4/c10-4-6(11)3-9-7(8(12)13)5-1-2-5/h5-7,9-11H,1-4H2,(H,12,13). The highest BCUT2D eigenvalue weighted by Crippen LogP contribution is 2.32. The van der Waals surface area contributed by atoms with Crippen molar-refractivity contribution in [3.8, 4) is 0 Å². The Kier molecular flexibility index (Phi) is 3.65. The molecule has 76 valence electrons. The summed E-state index contributed by atoms with van der Waals surface area (Å²) in [7, 11) is 0. The van der Waals surface area contributed by atoms with Gasteiger partial charge in [-0.15, -0.1) is 0 Å². The molecule has 0 aliphatic heterocycles. The zero-order valence-corrected chi connectivity index (χ0v) is 7.31. The first-order chi connectivity index (χ1) is 6.15. The monoisotopic (exact) mass is 189 g/mol. The Morgan fingerprint density at radius 1 is 1.54 bits per heavy atom. The van der Waals surface area contributed by atoms with Crippen LogP contribution in [0.5, 0.6) is 0 Å². The second kappa shape index (κ2) is 4.55. The topological polar surface area (TPSA) is 89.8 Å². The predicted molar refractivity (Wildman–Crippen MR) is 45.2 cm³/mol. The van der Waals surface area contributed by atoms with Crippen LogP contribution in [-0.2, 0) is 4.79 Å². The van der Waals surface area contributed by atoms with Crippen molar-refractivity contribution in [2.45, 2.75) is 25.0 Å². The third kappa shape index (κ3) is 3.30. The van der Waals surface area contributed by atoms with Crippen LogP contribution in [0, 0.1) is 5.92 Å². The Hall–Kier alpha value is -0.650. The first-order valence-corrected chi connectivity index (χ1v) is 4.40. The van der Waals surface area contributed by atoms with E-state index in [9.17, 15) is 4.79 Å². The average Bonchev–Trinajstić information content (AvgIpc) is 2.87. The number of carboxylic acids is 1. The summed E-state index contributed by atoms with van der Waals surface area (Å²) in [5.41, 5.74) is 0. The molecule has 0 heterocycles. The summed E-state index contributed by atoms with van der Waals surface area (Å²) in [6.07, 6.45) is 0.985. The summed E-state index contributed by atoms with van der Waals surface area (Å²) in [4.78, 5) is 10.7. The molecule has 0 aromatic rings. The van der Waals surface area contributed by atoms with Gasteiger partial charge in [-0.05, 0) is 18.8 Å². The van der Waals surface area contributed by atoms with Gasteiger partial charge < -0.3 is 20.6 Å². The molecule has 0 aromatic heterocycles. The van der Waals surface area contributed by atoms with Crippen LogP contribution in [0.3, 0.4) is 0 Å². The van der Waals surface area contributed by atoms with Crippen LogP contribution in [0.1, 0.15) is 12.8 Å². The Labute approximate surface area is 76.4 Å². The highest BCUT2D eigenvalue weighted by atomic mass is 16.4. The van der Waals surface area contributed by atoms with Gasteiger partial charge in [0, 0.05) is 6.54 Å². The fraction of sp³-hybridized carbons (Fsp3) is 0.875. The van der Waals surface area contributed by atoms with Gasteiger partial charge in [0.2, 0.25) is 0 Å². The molecule has 0 radical (unpaired) electrons. The molecule has 1 aliphatic carbocycles. The molecule has 0 aromatic carbocycles. The SMILES string of the molecule is O=C(O)C(NCC(O)CO)C1CC1. The van der Waals surface area contributed by atoms with Crippen molar-refractivity contribution in [3.05, 3.63) is 0 Å². The number of aliphatic carboxylic acids is 1. The van der Waals surface area contributed by atoms with E-state index in [-0.39, 0.29) is 19.1 Å². The molecule has 2 unspecified atom stereocenters. The normalized spacial score (nSPS) is 21.1. The molecule has 1 rings (SSSR count). The maximum atomic E-state index is 10.7. The van der Waals surface area contributed by atoms with Gasteiger partial charge in [-0.2, -0.15) is 0 Å². The minimum Gasteiger partial charge on any atom is -0.480 e. The second-order valence-corrected chi connectivity index (χ2v) is 3.40. The Balaban J connectivity index is 2.26. The lowest BCUT2D eigenvalue weighted by Gasteiger charge is -2.15. The van der Waals surface area contributed by atoms with Crippen LogP contribution in [0.25, 0.3) is 0 Å². The largest absolute Gasteiger partial charge is 0.480 e. The number of hydrogen-bond donors (Lipinski definition) is 4. The summed E-state index contributed by atoms with van der Waals surface area (Å²) in [6, 6.07) is -0.568. The molecule has 1 aliphatic rings. The number of aliphatic hydroxyl groups is 2. The summed E-state index contributed by atoms with van der Waals surface area (Å²) in [5, 5.41) is 29.0. The lowest BCUT2D eigenvalue weighted by atomic mass is 10.2. The van der Waals surface area contributed by atoms with Gasteiger partial charge in [0.05, 0.1) is 12.7 Å². The number of aliphatic hydroxyl groups excluding tert-OH is 2. The minimum absolute atomic E-state index is 0.129. The first kappa shape index (κ1) is 10.4. The van der Waals surface area contributed by atoms with Gasteiger partial charge in [0.15, 0.2) is 0 Å². The van der Waals surface area contributed by atoms with Crippen molar-refractivity contribution in [1.82, 2.24) is 5.32 Å². The predicted octanol–water partition coefficient (Wildman–Crippen LogP) is -1.21. The molecule has 0 spiro atoms. The molecule has 0 saturated heterocycles. The number of carboxylic acid groups (broad SMARTS) is 1. The van der Waals surface area contributed by atoms with Gasteiger partial charge >= 0.3 is 5.97 Å². The van der Waals surface area contributed by atoms with Crippen molar-refractivity contribution in [1.29, 1.82) is 0 Å². The van der Waals surface area contributed by atoms with Gasteiger partial charge in [-0.1, -0.05) is 0 Å². The molecule has 1 saturated carbocycles. The first-order valence-electron chi connectivity index (χ1n) is 4.40. The van der Waals surface area contributed by atoms with E-state index in [1.807, 2.05) is 0 Å². The van der Waals surface area contributed by atoms with Crippen molar-refractivity contribution < 1.29 is 20.1 Å². The van der Waals surface area contributed by atoms with Crippen molar-refractivity contribution >= 4 is 5.97 Å². The van der Waals surface area contributed by atoms with E-state index in [2.05, 4.69) is 5.32 Å². The molecule has 0 amide bonds. The number of nitrogens with one attached hydrogen (secondary N) is 1. The highest BCUT2D eigenvalue weighted by Gasteiger charge is 2.35. The third-order valence-corrected chi connectivity index (χ3v) is 2.14. The molecule has 4 N–H and O–H groups in total. The van der Waals surface area contributed by atoms with Gasteiger partial charge in [0.1, 0.15) is 6.04 Å². The van der Waals surface area contributed by atoms with E-state index in [0.29, 0.717) is 0 Å². The molecule has 5 heteroatoms. The zero-order chi connectivity index (χ0) is 9.84. The highest BCUT2D eigenvalue weighted by molar-refractivity contribution is 5.74. The number of carbonyl (C=O) groups is 1. The second-order valence-electron chi connectivity index (χ2n) is 3.40. The Morgan fingerprint density at radius 3 is 2.54 bits per heavy atom. The van der Waals surface area contributed by atoms with E-state index in [4.69, 9.17) is 15.3 Å². The maximum Gasteiger partial charge on any atom is 0.320 e. The maximum absolute atomic E-state index is 10.7. The van der Waals surface area contributed by atoms with Gasteiger partial charge in [-0.25, -0.2) is 0 Å². The Bertz CT molecular complexity index is 181. The average molecular weight is 189 g/mol. The summed E-state index contributed by atoms with van der Waals surface area (Å²) < 4.78 is 0. The van der Waals surface area contributed by atoms with E-state index < -0.39 is 18.1 Å². The van der Waals surface area contributed by atoms with E-state index in [1.54, 1.807) is 0 Å². The van der Waals surface area contributed by atoms with Crippen LogP contribution in [0.2, 0.25) is 0 Å². The number of rotatable bonds is 6. The minimum atomic E-state index is -0.882. The van der Waals surface area contributed by atoms with Crippen LogP contribution in [-0.4, -0.2) is 46.6 Å². The summed E-state index contributed by atoms with van der Waals surface area (Å²) in [6.45, 7) is -0.214.